The van der Waals surface area contributed by atoms with Gasteiger partial charge in [0.15, 0.2) is 11.5 Å². The van der Waals surface area contributed by atoms with E-state index >= 15 is 0 Å². The molecule has 0 aliphatic carbocycles. The highest BCUT2D eigenvalue weighted by Gasteiger charge is 2.05. The number of halogens is 1. The number of nitrogens with one attached hydrogen (secondary N) is 1. The van der Waals surface area contributed by atoms with Crippen molar-refractivity contribution >= 4 is 12.0 Å². The van der Waals surface area contributed by atoms with Gasteiger partial charge in [0.2, 0.25) is 5.91 Å². The van der Waals surface area contributed by atoms with Crippen LogP contribution in [0.5, 0.6) is 11.5 Å². The van der Waals surface area contributed by atoms with Crippen molar-refractivity contribution in [3.63, 3.8) is 0 Å². The number of carbonyl (C=O) groups is 1. The van der Waals surface area contributed by atoms with E-state index in [1.54, 1.807) is 38.5 Å². The summed E-state index contributed by atoms with van der Waals surface area (Å²) in [6.45, 7) is 0.368. The first-order chi connectivity index (χ1) is 11.1. The average molecular weight is 315 g/mol. The van der Waals surface area contributed by atoms with Crippen LogP contribution in [0.15, 0.2) is 48.5 Å². The summed E-state index contributed by atoms with van der Waals surface area (Å²) in [5, 5.41) is 2.77. The smallest absolute Gasteiger partial charge is 0.244 e. The SMILES string of the molecule is COc1ccc(CNC(=O)/C=C/c2ccc(F)cc2)cc1OC. The maximum atomic E-state index is 12.8. The van der Waals surface area contributed by atoms with Crippen molar-refractivity contribution in [3.8, 4) is 11.5 Å². The second kappa shape index (κ2) is 7.98. The van der Waals surface area contributed by atoms with E-state index in [0.29, 0.717) is 18.0 Å². The molecule has 0 aliphatic heterocycles. The molecule has 0 fully saturated rings. The molecule has 0 radical (unpaired) electrons. The van der Waals surface area contributed by atoms with Crippen LogP contribution in [-0.4, -0.2) is 20.1 Å². The third-order valence-corrected chi connectivity index (χ3v) is 3.21. The van der Waals surface area contributed by atoms with E-state index in [4.69, 9.17) is 9.47 Å². The van der Waals surface area contributed by atoms with E-state index in [0.717, 1.165) is 11.1 Å². The molecule has 0 saturated carbocycles. The van der Waals surface area contributed by atoms with Gasteiger partial charge in [0.1, 0.15) is 5.82 Å². The number of carbonyl (C=O) groups excluding carboxylic acids is 1. The highest BCUT2D eigenvalue weighted by molar-refractivity contribution is 5.91. The minimum absolute atomic E-state index is 0.232. The van der Waals surface area contributed by atoms with Crippen LogP contribution in [0.25, 0.3) is 6.08 Å². The molecule has 2 aromatic carbocycles. The number of methoxy groups -OCH3 is 2. The summed E-state index contributed by atoms with van der Waals surface area (Å²) in [4.78, 5) is 11.8. The third kappa shape index (κ3) is 4.85. The Labute approximate surface area is 134 Å². The summed E-state index contributed by atoms with van der Waals surface area (Å²) >= 11 is 0. The van der Waals surface area contributed by atoms with Gasteiger partial charge in [-0.2, -0.15) is 0 Å². The van der Waals surface area contributed by atoms with Crippen LogP contribution in [0.4, 0.5) is 4.39 Å². The number of hydrogen-bond donors (Lipinski definition) is 1. The minimum atomic E-state index is -0.306. The molecule has 0 unspecified atom stereocenters. The number of amides is 1. The lowest BCUT2D eigenvalue weighted by molar-refractivity contribution is -0.116. The molecular weight excluding hydrogens is 297 g/mol. The predicted molar refractivity (Wildman–Crippen MR) is 86.8 cm³/mol. The molecule has 2 rings (SSSR count). The Morgan fingerprint density at radius 3 is 2.43 bits per heavy atom. The molecule has 0 spiro atoms. The topological polar surface area (TPSA) is 47.6 Å². The first-order valence-corrected chi connectivity index (χ1v) is 7.05. The van der Waals surface area contributed by atoms with Gasteiger partial charge >= 0.3 is 0 Å². The summed E-state index contributed by atoms with van der Waals surface area (Å²) in [7, 11) is 3.13. The molecule has 2 aromatic rings. The summed E-state index contributed by atoms with van der Waals surface area (Å²) in [6.07, 6.45) is 3.04. The monoisotopic (exact) mass is 315 g/mol. The molecule has 1 N–H and O–H groups in total. The van der Waals surface area contributed by atoms with E-state index < -0.39 is 0 Å². The molecule has 23 heavy (non-hydrogen) atoms. The molecule has 0 aromatic heterocycles. The zero-order chi connectivity index (χ0) is 16.7. The van der Waals surface area contributed by atoms with Crippen LogP contribution < -0.4 is 14.8 Å². The summed E-state index contributed by atoms with van der Waals surface area (Å²) in [6, 6.07) is 11.4. The highest BCUT2D eigenvalue weighted by atomic mass is 19.1. The summed E-state index contributed by atoms with van der Waals surface area (Å²) < 4.78 is 23.2. The van der Waals surface area contributed by atoms with Crippen molar-refractivity contribution in [1.29, 1.82) is 0 Å². The standard InChI is InChI=1S/C18H18FNO3/c1-22-16-9-5-14(11-17(16)23-2)12-20-18(21)10-6-13-3-7-15(19)8-4-13/h3-11H,12H2,1-2H3,(H,20,21)/b10-6+. The Hall–Kier alpha value is -2.82. The van der Waals surface area contributed by atoms with E-state index in [9.17, 15) is 9.18 Å². The predicted octanol–water partition coefficient (Wildman–Crippen LogP) is 3.17. The van der Waals surface area contributed by atoms with E-state index in [1.165, 1.54) is 18.2 Å². The summed E-state index contributed by atoms with van der Waals surface area (Å²) in [5.41, 5.74) is 1.65. The van der Waals surface area contributed by atoms with Crippen molar-refractivity contribution < 1.29 is 18.7 Å². The summed E-state index contributed by atoms with van der Waals surface area (Å²) in [5.74, 6) is 0.712. The number of benzene rings is 2. The maximum Gasteiger partial charge on any atom is 0.244 e. The first-order valence-electron chi connectivity index (χ1n) is 7.05. The Bertz CT molecular complexity index is 696. The van der Waals surface area contributed by atoms with Gasteiger partial charge in [-0.15, -0.1) is 0 Å². The largest absolute Gasteiger partial charge is 0.493 e. The van der Waals surface area contributed by atoms with Crippen LogP contribution in [-0.2, 0) is 11.3 Å². The van der Waals surface area contributed by atoms with Crippen molar-refractivity contribution in [1.82, 2.24) is 5.32 Å². The number of ether oxygens (including phenoxy) is 2. The Morgan fingerprint density at radius 1 is 1.09 bits per heavy atom. The molecular formula is C18H18FNO3. The van der Waals surface area contributed by atoms with Crippen LogP contribution >= 0.6 is 0 Å². The zero-order valence-electron chi connectivity index (χ0n) is 13.0. The lowest BCUT2D eigenvalue weighted by Crippen LogP contribution is -2.20. The second-order valence-corrected chi connectivity index (χ2v) is 4.79. The zero-order valence-corrected chi connectivity index (χ0v) is 13.0. The molecule has 0 saturated heterocycles. The molecule has 1 amide bonds. The van der Waals surface area contributed by atoms with Crippen LogP contribution in [0, 0.1) is 5.82 Å². The Kier molecular flexibility index (Phi) is 5.74. The van der Waals surface area contributed by atoms with Crippen molar-refractivity contribution in [3.05, 3.63) is 65.5 Å². The molecule has 0 aliphatic rings. The van der Waals surface area contributed by atoms with Gasteiger partial charge in [-0.25, -0.2) is 4.39 Å². The quantitative estimate of drug-likeness (QED) is 0.833. The van der Waals surface area contributed by atoms with Crippen LogP contribution in [0.2, 0.25) is 0 Å². The average Bonchev–Trinajstić information content (AvgIpc) is 2.59. The fourth-order valence-electron chi connectivity index (χ4n) is 1.98. The van der Waals surface area contributed by atoms with Gasteiger partial charge in [-0.3, -0.25) is 4.79 Å². The van der Waals surface area contributed by atoms with Gasteiger partial charge in [-0.1, -0.05) is 18.2 Å². The molecule has 0 atom stereocenters. The third-order valence-electron chi connectivity index (χ3n) is 3.21. The minimum Gasteiger partial charge on any atom is -0.493 e. The number of hydrogen-bond acceptors (Lipinski definition) is 3. The Balaban J connectivity index is 1.92. The molecule has 5 heteroatoms. The van der Waals surface area contributed by atoms with E-state index in [-0.39, 0.29) is 11.7 Å². The van der Waals surface area contributed by atoms with Crippen molar-refractivity contribution in [2.75, 3.05) is 14.2 Å². The fourth-order valence-corrected chi connectivity index (χ4v) is 1.98. The molecule has 0 heterocycles. The van der Waals surface area contributed by atoms with Crippen molar-refractivity contribution in [2.45, 2.75) is 6.54 Å². The maximum absolute atomic E-state index is 12.8. The normalized spacial score (nSPS) is 10.6. The van der Waals surface area contributed by atoms with E-state index in [2.05, 4.69) is 5.32 Å². The van der Waals surface area contributed by atoms with Gasteiger partial charge in [0, 0.05) is 12.6 Å². The second-order valence-electron chi connectivity index (χ2n) is 4.79. The molecule has 4 nitrogen and oxygen atoms in total. The van der Waals surface area contributed by atoms with E-state index in [1.807, 2.05) is 12.1 Å². The van der Waals surface area contributed by atoms with Gasteiger partial charge in [-0.05, 0) is 41.5 Å². The van der Waals surface area contributed by atoms with Crippen LogP contribution in [0.3, 0.4) is 0 Å². The fraction of sp³-hybridized carbons (Fsp3) is 0.167. The van der Waals surface area contributed by atoms with Crippen LogP contribution in [0.1, 0.15) is 11.1 Å². The molecule has 0 bridgehead atoms. The van der Waals surface area contributed by atoms with Gasteiger partial charge in [0.05, 0.1) is 14.2 Å². The number of rotatable bonds is 6. The first kappa shape index (κ1) is 16.5. The van der Waals surface area contributed by atoms with Gasteiger partial charge < -0.3 is 14.8 Å². The Morgan fingerprint density at radius 2 is 1.78 bits per heavy atom. The van der Waals surface area contributed by atoms with Crippen molar-refractivity contribution in [2.24, 2.45) is 0 Å². The van der Waals surface area contributed by atoms with Gasteiger partial charge in [0.25, 0.3) is 0 Å². The molecule has 120 valence electrons. The lowest BCUT2D eigenvalue weighted by atomic mass is 10.2. The lowest BCUT2D eigenvalue weighted by Gasteiger charge is -2.09. The highest BCUT2D eigenvalue weighted by Crippen LogP contribution is 2.27.